The second-order valence-corrected chi connectivity index (χ2v) is 5.88. The van der Waals surface area contributed by atoms with Crippen LogP contribution in [-0.2, 0) is 0 Å². The van der Waals surface area contributed by atoms with E-state index in [-0.39, 0.29) is 12.1 Å². The van der Waals surface area contributed by atoms with Gasteiger partial charge in [0.15, 0.2) is 0 Å². The Bertz CT molecular complexity index is 526. The van der Waals surface area contributed by atoms with E-state index in [1.54, 1.807) is 11.3 Å². The lowest BCUT2D eigenvalue weighted by Crippen LogP contribution is -2.23. The van der Waals surface area contributed by atoms with Gasteiger partial charge in [0.25, 0.3) is 0 Å². The molecule has 2 atom stereocenters. The smallest absolute Gasteiger partial charge is 0.126 e. The van der Waals surface area contributed by atoms with Gasteiger partial charge in [-0.1, -0.05) is 15.9 Å². The Labute approximate surface area is 113 Å². The van der Waals surface area contributed by atoms with Gasteiger partial charge in [-0.25, -0.2) is 0 Å². The van der Waals surface area contributed by atoms with Crippen molar-refractivity contribution in [2.24, 2.45) is 5.73 Å². The molecule has 0 bridgehead atoms. The maximum Gasteiger partial charge on any atom is 0.126 e. The molecule has 2 N–H and O–H groups in total. The Morgan fingerprint density at radius 2 is 2.24 bits per heavy atom. The molecule has 0 amide bonds. The van der Waals surface area contributed by atoms with Gasteiger partial charge in [-0.05, 0) is 35.0 Å². The number of thiophene rings is 1. The van der Waals surface area contributed by atoms with Crippen LogP contribution in [0, 0.1) is 0 Å². The van der Waals surface area contributed by atoms with Crippen molar-refractivity contribution in [2.45, 2.75) is 18.6 Å². The highest BCUT2D eigenvalue weighted by Gasteiger charge is 2.27. The molecule has 1 aliphatic rings. The molecule has 2 aromatic rings. The summed E-state index contributed by atoms with van der Waals surface area (Å²) in [6.07, 6.45) is 0.921. The second kappa shape index (κ2) is 4.44. The van der Waals surface area contributed by atoms with Gasteiger partial charge in [-0.3, -0.25) is 0 Å². The van der Waals surface area contributed by atoms with E-state index in [2.05, 4.69) is 32.8 Å². The van der Waals surface area contributed by atoms with Crippen molar-refractivity contribution in [1.82, 2.24) is 0 Å². The highest BCUT2D eigenvalue weighted by molar-refractivity contribution is 9.10. The molecule has 1 aromatic heterocycles. The fourth-order valence-corrected chi connectivity index (χ4v) is 3.22. The number of hydrogen-bond donors (Lipinski definition) is 1. The first-order valence-corrected chi connectivity index (χ1v) is 7.21. The molecule has 0 saturated heterocycles. The minimum absolute atomic E-state index is 0.0427. The predicted octanol–water partition coefficient (Wildman–Crippen LogP) is 4.03. The van der Waals surface area contributed by atoms with Crippen LogP contribution in [0.3, 0.4) is 0 Å². The zero-order valence-corrected chi connectivity index (χ0v) is 11.5. The van der Waals surface area contributed by atoms with Crippen molar-refractivity contribution in [2.75, 3.05) is 0 Å². The first-order valence-electron chi connectivity index (χ1n) is 5.48. The Morgan fingerprint density at radius 3 is 3.00 bits per heavy atom. The molecule has 88 valence electrons. The average Bonchev–Trinajstić information content (AvgIpc) is 2.83. The van der Waals surface area contributed by atoms with Crippen LogP contribution in [-0.4, -0.2) is 0 Å². The predicted molar refractivity (Wildman–Crippen MR) is 73.4 cm³/mol. The first-order chi connectivity index (χ1) is 8.24. The monoisotopic (exact) mass is 309 g/mol. The van der Waals surface area contributed by atoms with Gasteiger partial charge in [0.1, 0.15) is 11.9 Å². The van der Waals surface area contributed by atoms with Crippen LogP contribution in [0.25, 0.3) is 0 Å². The van der Waals surface area contributed by atoms with Crippen LogP contribution in [0.4, 0.5) is 0 Å². The van der Waals surface area contributed by atoms with Gasteiger partial charge in [-0.2, -0.15) is 11.3 Å². The molecular formula is C13H12BrNOS. The van der Waals surface area contributed by atoms with E-state index in [0.29, 0.717) is 0 Å². The molecule has 1 aromatic carbocycles. The van der Waals surface area contributed by atoms with Crippen LogP contribution >= 0.6 is 27.3 Å². The molecular weight excluding hydrogens is 298 g/mol. The van der Waals surface area contributed by atoms with E-state index in [4.69, 9.17) is 10.5 Å². The number of nitrogens with two attached hydrogens (primary N) is 1. The van der Waals surface area contributed by atoms with Crippen molar-refractivity contribution < 1.29 is 4.74 Å². The van der Waals surface area contributed by atoms with E-state index < -0.39 is 0 Å². The van der Waals surface area contributed by atoms with E-state index in [1.165, 1.54) is 5.56 Å². The maximum atomic E-state index is 6.21. The van der Waals surface area contributed by atoms with E-state index in [0.717, 1.165) is 22.2 Å². The molecule has 0 aliphatic carbocycles. The average molecular weight is 310 g/mol. The number of rotatable bonds is 1. The molecule has 0 spiro atoms. The normalized spacial score (nSPS) is 22.9. The minimum Gasteiger partial charge on any atom is -0.485 e. The highest BCUT2D eigenvalue weighted by Crippen LogP contribution is 2.41. The molecule has 2 unspecified atom stereocenters. The summed E-state index contributed by atoms with van der Waals surface area (Å²) in [5.74, 6) is 0.906. The van der Waals surface area contributed by atoms with Gasteiger partial charge in [0.05, 0.1) is 0 Å². The van der Waals surface area contributed by atoms with Crippen LogP contribution in [0.2, 0.25) is 0 Å². The maximum absolute atomic E-state index is 6.21. The summed E-state index contributed by atoms with van der Waals surface area (Å²) in [7, 11) is 0. The summed E-state index contributed by atoms with van der Waals surface area (Å²) in [6, 6.07) is 8.16. The van der Waals surface area contributed by atoms with Gasteiger partial charge in [-0.15, -0.1) is 0 Å². The molecule has 2 nitrogen and oxygen atoms in total. The van der Waals surface area contributed by atoms with Crippen molar-refractivity contribution >= 4 is 27.3 Å². The van der Waals surface area contributed by atoms with Crippen LogP contribution in [0.5, 0.6) is 5.75 Å². The van der Waals surface area contributed by atoms with Gasteiger partial charge >= 0.3 is 0 Å². The fraction of sp³-hybridized carbons (Fsp3) is 0.231. The first kappa shape index (κ1) is 11.3. The molecule has 0 radical (unpaired) electrons. The zero-order chi connectivity index (χ0) is 11.8. The highest BCUT2D eigenvalue weighted by atomic mass is 79.9. The third kappa shape index (κ3) is 2.12. The van der Waals surface area contributed by atoms with Crippen molar-refractivity contribution in [3.05, 3.63) is 50.6 Å². The van der Waals surface area contributed by atoms with E-state index in [1.807, 2.05) is 18.2 Å². The quantitative estimate of drug-likeness (QED) is 0.863. The summed E-state index contributed by atoms with van der Waals surface area (Å²) in [6.45, 7) is 0. The number of ether oxygens (including phenoxy) is 1. The van der Waals surface area contributed by atoms with Crippen LogP contribution in [0.15, 0.2) is 39.5 Å². The van der Waals surface area contributed by atoms with Crippen molar-refractivity contribution in [3.63, 3.8) is 0 Å². The third-order valence-corrected chi connectivity index (χ3v) is 4.22. The topological polar surface area (TPSA) is 35.2 Å². The van der Waals surface area contributed by atoms with Crippen molar-refractivity contribution in [3.8, 4) is 5.75 Å². The lowest BCUT2D eigenvalue weighted by atomic mass is 9.95. The van der Waals surface area contributed by atoms with E-state index in [9.17, 15) is 0 Å². The standard InChI is InChI=1S/C13H12BrNOS/c14-9-1-2-12-10(5-9)11(15)6-13(16-12)8-3-4-17-7-8/h1-5,7,11,13H,6,15H2. The Morgan fingerprint density at radius 1 is 1.35 bits per heavy atom. The Kier molecular flexibility index (Phi) is 2.94. The van der Waals surface area contributed by atoms with Crippen LogP contribution < -0.4 is 10.5 Å². The zero-order valence-electron chi connectivity index (χ0n) is 9.10. The largest absolute Gasteiger partial charge is 0.485 e. The Hall–Kier alpha value is -0.840. The Balaban J connectivity index is 1.96. The molecule has 1 aliphatic heterocycles. The van der Waals surface area contributed by atoms with Crippen LogP contribution in [0.1, 0.15) is 29.7 Å². The number of fused-ring (bicyclic) bond motifs is 1. The van der Waals surface area contributed by atoms with Crippen molar-refractivity contribution in [1.29, 1.82) is 0 Å². The molecule has 0 saturated carbocycles. The summed E-state index contributed by atoms with van der Waals surface area (Å²) in [4.78, 5) is 0. The van der Waals surface area contributed by atoms with Gasteiger partial charge in [0, 0.05) is 28.1 Å². The summed E-state index contributed by atoms with van der Waals surface area (Å²) in [5.41, 5.74) is 8.52. The molecule has 3 rings (SSSR count). The molecule has 0 fully saturated rings. The third-order valence-electron chi connectivity index (χ3n) is 3.02. The number of benzene rings is 1. The lowest BCUT2D eigenvalue weighted by Gasteiger charge is -2.30. The molecule has 2 heterocycles. The lowest BCUT2D eigenvalue weighted by molar-refractivity contribution is 0.162. The minimum atomic E-state index is 0.0427. The SMILES string of the molecule is NC1CC(c2ccsc2)Oc2ccc(Br)cc21. The summed E-state index contributed by atoms with van der Waals surface area (Å²) in [5, 5.41) is 4.20. The second-order valence-electron chi connectivity index (χ2n) is 4.19. The van der Waals surface area contributed by atoms with E-state index >= 15 is 0 Å². The fourth-order valence-electron chi connectivity index (χ4n) is 2.14. The number of hydrogen-bond acceptors (Lipinski definition) is 3. The molecule has 4 heteroatoms. The number of halogens is 1. The summed E-state index contributed by atoms with van der Waals surface area (Å²) >= 11 is 5.15. The van der Waals surface area contributed by atoms with Gasteiger partial charge in [0.2, 0.25) is 0 Å². The van der Waals surface area contributed by atoms with Gasteiger partial charge < -0.3 is 10.5 Å². The summed E-state index contributed by atoms with van der Waals surface area (Å²) < 4.78 is 7.05. The molecule has 17 heavy (non-hydrogen) atoms.